The van der Waals surface area contributed by atoms with Gasteiger partial charge in [-0.2, -0.15) is 0 Å². The highest BCUT2D eigenvalue weighted by molar-refractivity contribution is 5.88. The number of aryl methyl sites for hydroxylation is 1. The van der Waals surface area contributed by atoms with E-state index in [4.69, 9.17) is 5.73 Å². The first-order valence-corrected chi connectivity index (χ1v) is 5.16. The quantitative estimate of drug-likeness (QED) is 0.778. The SMILES string of the molecule is CC(=O)Nc1cnc2c(c1)CC(N)CC2.Cl. The lowest BCUT2D eigenvalue weighted by atomic mass is 9.92. The zero-order valence-corrected chi connectivity index (χ0v) is 10.0. The summed E-state index contributed by atoms with van der Waals surface area (Å²) >= 11 is 0. The van der Waals surface area contributed by atoms with Crippen molar-refractivity contribution in [3.63, 3.8) is 0 Å². The molecule has 1 aliphatic rings. The Hall–Kier alpha value is -1.13. The number of fused-ring (bicyclic) bond motifs is 1. The van der Waals surface area contributed by atoms with Crippen LogP contribution in [0.5, 0.6) is 0 Å². The highest BCUT2D eigenvalue weighted by Gasteiger charge is 2.16. The normalized spacial score (nSPS) is 18.2. The van der Waals surface area contributed by atoms with E-state index in [2.05, 4.69) is 10.3 Å². The van der Waals surface area contributed by atoms with Gasteiger partial charge >= 0.3 is 0 Å². The Morgan fingerprint density at radius 1 is 1.62 bits per heavy atom. The number of anilines is 1. The van der Waals surface area contributed by atoms with Crippen molar-refractivity contribution in [2.75, 3.05) is 5.32 Å². The minimum absolute atomic E-state index is 0. The van der Waals surface area contributed by atoms with E-state index in [0.29, 0.717) is 0 Å². The van der Waals surface area contributed by atoms with Crippen LogP contribution in [0.4, 0.5) is 5.69 Å². The van der Waals surface area contributed by atoms with Crippen molar-refractivity contribution in [2.24, 2.45) is 5.73 Å². The molecule has 1 heterocycles. The molecule has 1 aromatic heterocycles. The van der Waals surface area contributed by atoms with E-state index >= 15 is 0 Å². The Labute approximate surface area is 101 Å². The van der Waals surface area contributed by atoms with Crippen molar-refractivity contribution in [1.82, 2.24) is 4.98 Å². The third-order valence-electron chi connectivity index (χ3n) is 2.61. The summed E-state index contributed by atoms with van der Waals surface area (Å²) < 4.78 is 0. The van der Waals surface area contributed by atoms with Crippen LogP contribution in [0.1, 0.15) is 24.6 Å². The molecule has 1 atom stereocenters. The standard InChI is InChI=1S/C11H15N3O.ClH/c1-7(15)14-10-5-8-4-9(12)2-3-11(8)13-6-10;/h5-6,9H,2-4,12H2,1H3,(H,14,15);1H. The number of nitrogens with two attached hydrogens (primary N) is 1. The average molecular weight is 242 g/mol. The Morgan fingerprint density at radius 3 is 3.06 bits per heavy atom. The molecule has 1 aromatic rings. The van der Waals surface area contributed by atoms with Gasteiger partial charge in [0.2, 0.25) is 5.91 Å². The molecule has 0 radical (unpaired) electrons. The molecule has 5 heteroatoms. The Kier molecular flexibility index (Phi) is 4.26. The fourth-order valence-electron chi connectivity index (χ4n) is 1.92. The summed E-state index contributed by atoms with van der Waals surface area (Å²) in [6.45, 7) is 1.49. The van der Waals surface area contributed by atoms with Gasteiger partial charge in [-0.1, -0.05) is 0 Å². The van der Waals surface area contributed by atoms with Crippen molar-refractivity contribution in [3.8, 4) is 0 Å². The van der Waals surface area contributed by atoms with Gasteiger partial charge in [0, 0.05) is 18.7 Å². The summed E-state index contributed by atoms with van der Waals surface area (Å²) in [6.07, 6.45) is 4.50. The molecular formula is C11H16ClN3O. The summed E-state index contributed by atoms with van der Waals surface area (Å²) in [7, 11) is 0. The van der Waals surface area contributed by atoms with Crippen LogP contribution >= 0.6 is 12.4 Å². The van der Waals surface area contributed by atoms with E-state index in [1.807, 2.05) is 6.07 Å². The molecule has 0 bridgehead atoms. The van der Waals surface area contributed by atoms with Gasteiger partial charge in [0.1, 0.15) is 0 Å². The Balaban J connectivity index is 0.00000128. The third kappa shape index (κ3) is 2.93. The molecule has 0 fully saturated rings. The predicted molar refractivity (Wildman–Crippen MR) is 65.8 cm³/mol. The molecule has 0 aliphatic heterocycles. The lowest BCUT2D eigenvalue weighted by molar-refractivity contribution is -0.114. The molecule has 0 saturated heterocycles. The molecule has 4 nitrogen and oxygen atoms in total. The van der Waals surface area contributed by atoms with Crippen LogP contribution in [0, 0.1) is 0 Å². The maximum atomic E-state index is 10.9. The summed E-state index contributed by atoms with van der Waals surface area (Å²) in [5.74, 6) is -0.0724. The predicted octanol–water partition coefficient (Wildman–Crippen LogP) is 1.28. The Bertz CT molecular complexity index is 395. The van der Waals surface area contributed by atoms with Gasteiger partial charge in [-0.05, 0) is 30.9 Å². The summed E-state index contributed by atoms with van der Waals surface area (Å²) in [4.78, 5) is 15.2. The highest BCUT2D eigenvalue weighted by Crippen LogP contribution is 2.21. The zero-order chi connectivity index (χ0) is 10.8. The van der Waals surface area contributed by atoms with Gasteiger partial charge in [-0.15, -0.1) is 12.4 Å². The van der Waals surface area contributed by atoms with Crippen LogP contribution in [-0.2, 0) is 17.6 Å². The minimum atomic E-state index is -0.0724. The average Bonchev–Trinajstić information content (AvgIpc) is 2.16. The minimum Gasteiger partial charge on any atom is -0.327 e. The molecule has 3 N–H and O–H groups in total. The lowest BCUT2D eigenvalue weighted by Gasteiger charge is -2.20. The van der Waals surface area contributed by atoms with Crippen molar-refractivity contribution < 1.29 is 4.79 Å². The van der Waals surface area contributed by atoms with E-state index in [9.17, 15) is 4.79 Å². The van der Waals surface area contributed by atoms with Crippen molar-refractivity contribution in [2.45, 2.75) is 32.2 Å². The second-order valence-corrected chi connectivity index (χ2v) is 4.01. The number of carbonyl (C=O) groups is 1. The van der Waals surface area contributed by atoms with Crippen molar-refractivity contribution in [1.29, 1.82) is 0 Å². The van der Waals surface area contributed by atoms with Crippen LogP contribution in [0.2, 0.25) is 0 Å². The number of hydrogen-bond acceptors (Lipinski definition) is 3. The molecule has 1 amide bonds. The first-order valence-electron chi connectivity index (χ1n) is 5.16. The summed E-state index contributed by atoms with van der Waals surface area (Å²) in [6, 6.07) is 2.20. The van der Waals surface area contributed by atoms with Gasteiger partial charge < -0.3 is 11.1 Å². The fourth-order valence-corrected chi connectivity index (χ4v) is 1.92. The molecule has 0 aromatic carbocycles. The number of amides is 1. The summed E-state index contributed by atoms with van der Waals surface area (Å²) in [5.41, 5.74) is 8.93. The van der Waals surface area contributed by atoms with Crippen molar-refractivity contribution in [3.05, 3.63) is 23.5 Å². The van der Waals surface area contributed by atoms with Gasteiger partial charge in [0.15, 0.2) is 0 Å². The Morgan fingerprint density at radius 2 is 2.38 bits per heavy atom. The number of nitrogens with one attached hydrogen (secondary N) is 1. The van der Waals surface area contributed by atoms with Crippen LogP contribution in [-0.4, -0.2) is 16.9 Å². The van der Waals surface area contributed by atoms with Crippen molar-refractivity contribution >= 4 is 24.0 Å². The number of rotatable bonds is 1. The smallest absolute Gasteiger partial charge is 0.221 e. The van der Waals surface area contributed by atoms with E-state index in [1.54, 1.807) is 6.20 Å². The number of carbonyl (C=O) groups excluding carboxylic acids is 1. The second-order valence-electron chi connectivity index (χ2n) is 4.01. The molecule has 16 heavy (non-hydrogen) atoms. The second kappa shape index (κ2) is 5.27. The molecule has 1 aliphatic carbocycles. The molecular weight excluding hydrogens is 226 g/mol. The van der Waals surface area contributed by atoms with Gasteiger partial charge in [-0.25, -0.2) is 0 Å². The molecule has 0 spiro atoms. The molecule has 88 valence electrons. The van der Waals surface area contributed by atoms with Crippen LogP contribution in [0.25, 0.3) is 0 Å². The van der Waals surface area contributed by atoms with Gasteiger partial charge in [0.05, 0.1) is 11.9 Å². The molecule has 1 unspecified atom stereocenters. The zero-order valence-electron chi connectivity index (χ0n) is 9.19. The maximum Gasteiger partial charge on any atom is 0.221 e. The van der Waals surface area contributed by atoms with Crippen LogP contribution < -0.4 is 11.1 Å². The first kappa shape index (κ1) is 12.9. The van der Waals surface area contributed by atoms with E-state index < -0.39 is 0 Å². The molecule has 2 rings (SSSR count). The summed E-state index contributed by atoms with van der Waals surface area (Å²) in [5, 5.41) is 2.73. The van der Waals surface area contributed by atoms with E-state index in [0.717, 1.165) is 30.6 Å². The largest absolute Gasteiger partial charge is 0.327 e. The van der Waals surface area contributed by atoms with Crippen LogP contribution in [0.15, 0.2) is 12.3 Å². The van der Waals surface area contributed by atoms with E-state index in [-0.39, 0.29) is 24.4 Å². The monoisotopic (exact) mass is 241 g/mol. The van der Waals surface area contributed by atoms with E-state index in [1.165, 1.54) is 12.5 Å². The third-order valence-corrected chi connectivity index (χ3v) is 2.61. The lowest BCUT2D eigenvalue weighted by Crippen LogP contribution is -2.28. The number of pyridine rings is 1. The molecule has 0 saturated carbocycles. The topological polar surface area (TPSA) is 68.0 Å². The fraction of sp³-hybridized carbons (Fsp3) is 0.455. The van der Waals surface area contributed by atoms with Crippen LogP contribution in [0.3, 0.4) is 0 Å². The number of hydrogen-bond donors (Lipinski definition) is 2. The number of nitrogens with zero attached hydrogens (tertiary/aromatic N) is 1. The first-order chi connectivity index (χ1) is 7.15. The highest BCUT2D eigenvalue weighted by atomic mass is 35.5. The maximum absolute atomic E-state index is 10.9. The number of halogens is 1. The van der Waals surface area contributed by atoms with Gasteiger partial charge in [0.25, 0.3) is 0 Å². The van der Waals surface area contributed by atoms with Gasteiger partial charge in [-0.3, -0.25) is 9.78 Å². The number of aromatic nitrogens is 1.